The zero-order valence-electron chi connectivity index (χ0n) is 11.2. The first-order chi connectivity index (χ1) is 10.2. The lowest BCUT2D eigenvalue weighted by atomic mass is 10.0. The zero-order valence-corrected chi connectivity index (χ0v) is 11.2. The standard InChI is InChI=1S/C17H13NO3/c18-10-11-21-15-8-6-13(7-9-15)12-16(17(19)20)14-4-2-1-3-5-14/h1-9,12H,11H2,(H,19,20)/b16-12-. The van der Waals surface area contributed by atoms with Gasteiger partial charge in [0.1, 0.15) is 11.8 Å². The van der Waals surface area contributed by atoms with E-state index in [1.807, 2.05) is 12.1 Å². The quantitative estimate of drug-likeness (QED) is 0.674. The molecule has 4 nitrogen and oxygen atoms in total. The summed E-state index contributed by atoms with van der Waals surface area (Å²) in [6.45, 7) is -0.0143. The number of carboxylic acid groups (broad SMARTS) is 1. The third-order valence-corrected chi connectivity index (χ3v) is 2.81. The molecule has 0 fully saturated rings. The fourth-order valence-corrected chi connectivity index (χ4v) is 1.83. The predicted octanol–water partition coefficient (Wildman–Crippen LogP) is 3.21. The first-order valence-corrected chi connectivity index (χ1v) is 6.31. The van der Waals surface area contributed by atoms with Crippen LogP contribution in [-0.4, -0.2) is 17.7 Å². The van der Waals surface area contributed by atoms with Crippen LogP contribution in [0.25, 0.3) is 11.6 Å². The van der Waals surface area contributed by atoms with Crippen molar-refractivity contribution in [2.75, 3.05) is 6.61 Å². The lowest BCUT2D eigenvalue weighted by Crippen LogP contribution is -1.99. The van der Waals surface area contributed by atoms with Crippen molar-refractivity contribution in [2.24, 2.45) is 0 Å². The Hall–Kier alpha value is -3.06. The molecule has 1 N–H and O–H groups in total. The average molecular weight is 279 g/mol. The fraction of sp³-hybridized carbons (Fsp3) is 0.0588. The van der Waals surface area contributed by atoms with Crippen LogP contribution in [0.2, 0.25) is 0 Å². The number of carboxylic acids is 1. The molecule has 2 aromatic carbocycles. The Bertz CT molecular complexity index is 682. The van der Waals surface area contributed by atoms with Crippen molar-refractivity contribution < 1.29 is 14.6 Å². The summed E-state index contributed by atoms with van der Waals surface area (Å²) in [5, 5.41) is 17.8. The number of rotatable bonds is 5. The highest BCUT2D eigenvalue weighted by Crippen LogP contribution is 2.20. The van der Waals surface area contributed by atoms with Crippen LogP contribution < -0.4 is 4.74 Å². The minimum absolute atomic E-state index is 0.0143. The second kappa shape index (κ2) is 6.92. The first kappa shape index (κ1) is 14.4. The van der Waals surface area contributed by atoms with E-state index in [1.165, 1.54) is 0 Å². The van der Waals surface area contributed by atoms with Crippen LogP contribution in [0, 0.1) is 11.3 Å². The van der Waals surface area contributed by atoms with Gasteiger partial charge in [0.2, 0.25) is 0 Å². The lowest BCUT2D eigenvalue weighted by molar-refractivity contribution is -0.130. The maximum absolute atomic E-state index is 11.4. The van der Waals surface area contributed by atoms with E-state index in [0.29, 0.717) is 11.3 Å². The van der Waals surface area contributed by atoms with Gasteiger partial charge in [-0.25, -0.2) is 4.79 Å². The van der Waals surface area contributed by atoms with E-state index in [2.05, 4.69) is 0 Å². The molecule has 0 atom stereocenters. The van der Waals surface area contributed by atoms with E-state index in [9.17, 15) is 9.90 Å². The molecule has 0 saturated carbocycles. The number of aliphatic carboxylic acids is 1. The van der Waals surface area contributed by atoms with Gasteiger partial charge >= 0.3 is 5.97 Å². The van der Waals surface area contributed by atoms with Crippen molar-refractivity contribution in [3.8, 4) is 11.8 Å². The molecule has 0 aliphatic carbocycles. The van der Waals surface area contributed by atoms with Crippen LogP contribution in [0.1, 0.15) is 11.1 Å². The Kier molecular flexibility index (Phi) is 4.73. The molecule has 104 valence electrons. The first-order valence-electron chi connectivity index (χ1n) is 6.31. The smallest absolute Gasteiger partial charge is 0.336 e. The fourth-order valence-electron chi connectivity index (χ4n) is 1.83. The molecule has 0 aliphatic heterocycles. The van der Waals surface area contributed by atoms with Crippen molar-refractivity contribution in [1.82, 2.24) is 0 Å². The van der Waals surface area contributed by atoms with Crippen LogP contribution in [0.5, 0.6) is 5.75 Å². The van der Waals surface area contributed by atoms with Gasteiger partial charge in [0.25, 0.3) is 0 Å². The Morgan fingerprint density at radius 2 is 1.81 bits per heavy atom. The minimum Gasteiger partial charge on any atom is -0.479 e. The van der Waals surface area contributed by atoms with Crippen LogP contribution in [-0.2, 0) is 4.79 Å². The molecule has 0 spiro atoms. The number of benzene rings is 2. The molecule has 0 radical (unpaired) electrons. The van der Waals surface area contributed by atoms with Gasteiger partial charge in [0.05, 0.1) is 5.57 Å². The highest BCUT2D eigenvalue weighted by Gasteiger charge is 2.09. The van der Waals surface area contributed by atoms with Crippen molar-refractivity contribution in [3.63, 3.8) is 0 Å². The molecular formula is C17H13NO3. The number of carbonyl (C=O) groups is 1. The van der Waals surface area contributed by atoms with Crippen LogP contribution in [0.15, 0.2) is 54.6 Å². The molecular weight excluding hydrogens is 266 g/mol. The largest absolute Gasteiger partial charge is 0.479 e. The van der Waals surface area contributed by atoms with Crippen LogP contribution >= 0.6 is 0 Å². The van der Waals surface area contributed by atoms with Gasteiger partial charge in [0, 0.05) is 0 Å². The summed E-state index contributed by atoms with van der Waals surface area (Å²) in [4.78, 5) is 11.4. The second-order valence-corrected chi connectivity index (χ2v) is 4.25. The van der Waals surface area contributed by atoms with Gasteiger partial charge in [-0.15, -0.1) is 0 Å². The van der Waals surface area contributed by atoms with E-state index >= 15 is 0 Å². The number of hydrogen-bond donors (Lipinski definition) is 1. The highest BCUT2D eigenvalue weighted by molar-refractivity contribution is 6.20. The monoisotopic (exact) mass is 279 g/mol. The lowest BCUT2D eigenvalue weighted by Gasteiger charge is -2.04. The molecule has 2 rings (SSSR count). The molecule has 2 aromatic rings. The maximum atomic E-state index is 11.4. The molecule has 0 heterocycles. The molecule has 0 unspecified atom stereocenters. The Morgan fingerprint density at radius 1 is 1.14 bits per heavy atom. The van der Waals surface area contributed by atoms with Gasteiger partial charge in [0.15, 0.2) is 6.61 Å². The van der Waals surface area contributed by atoms with E-state index in [1.54, 1.807) is 54.6 Å². The zero-order chi connectivity index (χ0) is 15.1. The summed E-state index contributed by atoms with van der Waals surface area (Å²) in [5.74, 6) is -0.406. The van der Waals surface area contributed by atoms with Crippen molar-refractivity contribution in [3.05, 3.63) is 65.7 Å². The number of hydrogen-bond acceptors (Lipinski definition) is 3. The number of nitrogens with zero attached hydrogens (tertiary/aromatic N) is 1. The van der Waals surface area contributed by atoms with Gasteiger partial charge < -0.3 is 9.84 Å². The number of nitriles is 1. The average Bonchev–Trinajstić information content (AvgIpc) is 2.52. The SMILES string of the molecule is N#CCOc1ccc(/C=C(\C(=O)O)c2ccccc2)cc1. The molecule has 0 saturated heterocycles. The van der Waals surface area contributed by atoms with Crippen LogP contribution in [0.3, 0.4) is 0 Å². The summed E-state index contributed by atoms with van der Waals surface area (Å²) in [6.07, 6.45) is 1.60. The van der Waals surface area contributed by atoms with E-state index in [0.717, 1.165) is 5.56 Å². The van der Waals surface area contributed by atoms with Gasteiger partial charge in [-0.05, 0) is 29.3 Å². The Balaban J connectivity index is 2.27. The summed E-state index contributed by atoms with van der Waals surface area (Å²) >= 11 is 0. The highest BCUT2D eigenvalue weighted by atomic mass is 16.5. The minimum atomic E-state index is -0.981. The summed E-state index contributed by atoms with van der Waals surface area (Å²) in [6, 6.07) is 17.7. The molecule has 0 aliphatic rings. The summed E-state index contributed by atoms with van der Waals surface area (Å²) in [5.41, 5.74) is 1.62. The Labute approximate surface area is 122 Å². The number of ether oxygens (including phenoxy) is 1. The van der Waals surface area contributed by atoms with E-state index in [4.69, 9.17) is 10.00 Å². The van der Waals surface area contributed by atoms with Crippen LogP contribution in [0.4, 0.5) is 0 Å². The maximum Gasteiger partial charge on any atom is 0.336 e. The van der Waals surface area contributed by atoms with E-state index < -0.39 is 5.97 Å². The third kappa shape index (κ3) is 3.95. The van der Waals surface area contributed by atoms with Gasteiger partial charge in [-0.2, -0.15) is 5.26 Å². The van der Waals surface area contributed by atoms with E-state index in [-0.39, 0.29) is 12.2 Å². The normalized spacial score (nSPS) is 10.7. The molecule has 0 aromatic heterocycles. The molecule has 4 heteroatoms. The van der Waals surface area contributed by atoms with Gasteiger partial charge in [-0.1, -0.05) is 42.5 Å². The topological polar surface area (TPSA) is 70.3 Å². The predicted molar refractivity (Wildman–Crippen MR) is 79.5 cm³/mol. The summed E-state index contributed by atoms with van der Waals surface area (Å²) in [7, 11) is 0. The Morgan fingerprint density at radius 3 is 2.38 bits per heavy atom. The second-order valence-electron chi connectivity index (χ2n) is 4.25. The molecule has 21 heavy (non-hydrogen) atoms. The van der Waals surface area contributed by atoms with Crippen molar-refractivity contribution in [2.45, 2.75) is 0 Å². The van der Waals surface area contributed by atoms with Crippen molar-refractivity contribution in [1.29, 1.82) is 5.26 Å². The third-order valence-electron chi connectivity index (χ3n) is 2.81. The van der Waals surface area contributed by atoms with Gasteiger partial charge in [-0.3, -0.25) is 0 Å². The summed E-state index contributed by atoms with van der Waals surface area (Å²) < 4.78 is 5.15. The molecule has 0 amide bonds. The van der Waals surface area contributed by atoms with Crippen molar-refractivity contribution >= 4 is 17.6 Å². The molecule has 0 bridgehead atoms.